The van der Waals surface area contributed by atoms with E-state index < -0.39 is 24.3 Å². The van der Waals surface area contributed by atoms with Gasteiger partial charge >= 0.3 is 5.97 Å². The van der Waals surface area contributed by atoms with E-state index >= 15 is 0 Å². The van der Waals surface area contributed by atoms with Gasteiger partial charge in [-0.15, -0.1) is 0 Å². The van der Waals surface area contributed by atoms with E-state index in [4.69, 9.17) is 16.3 Å². The molecule has 0 radical (unpaired) electrons. The molecular formula is C12H13ClFNO4. The number of rotatable bonds is 6. The normalized spacial score (nSPS) is 10.1. The monoisotopic (exact) mass is 289 g/mol. The second kappa shape index (κ2) is 7.70. The third-order valence-electron chi connectivity index (χ3n) is 2.11. The Kier molecular flexibility index (Phi) is 6.24. The van der Waals surface area contributed by atoms with Gasteiger partial charge in [0.05, 0.1) is 12.2 Å². The molecule has 0 bridgehead atoms. The average Bonchev–Trinajstić information content (AvgIpc) is 2.36. The summed E-state index contributed by atoms with van der Waals surface area (Å²) in [7, 11) is 1.50. The van der Waals surface area contributed by atoms with Crippen LogP contribution in [0.2, 0.25) is 5.02 Å². The SMILES string of the molecule is COCCNC(=O)COC(=O)c1ccc(Cl)cc1F. The number of nitrogens with one attached hydrogen (secondary N) is 1. The molecule has 0 saturated carbocycles. The van der Waals surface area contributed by atoms with Gasteiger partial charge in [0.25, 0.3) is 5.91 Å². The van der Waals surface area contributed by atoms with Crippen molar-refractivity contribution in [2.75, 3.05) is 26.9 Å². The fourth-order valence-corrected chi connectivity index (χ4v) is 1.37. The molecule has 1 aromatic carbocycles. The van der Waals surface area contributed by atoms with Gasteiger partial charge in [-0.3, -0.25) is 4.79 Å². The van der Waals surface area contributed by atoms with Crippen LogP contribution >= 0.6 is 11.6 Å². The number of amides is 1. The summed E-state index contributed by atoms with van der Waals surface area (Å²) in [5.74, 6) is -2.20. The van der Waals surface area contributed by atoms with Crippen LogP contribution in [-0.2, 0) is 14.3 Å². The predicted octanol–water partition coefficient (Wildman–Crippen LogP) is 1.40. The number of methoxy groups -OCH3 is 1. The first-order valence-corrected chi connectivity index (χ1v) is 5.80. The molecule has 0 unspecified atom stereocenters. The minimum atomic E-state index is -0.920. The van der Waals surface area contributed by atoms with Crippen molar-refractivity contribution in [3.05, 3.63) is 34.6 Å². The molecule has 0 spiro atoms. The molecule has 1 N–H and O–H groups in total. The topological polar surface area (TPSA) is 64.6 Å². The Morgan fingerprint density at radius 2 is 2.16 bits per heavy atom. The van der Waals surface area contributed by atoms with E-state index in [1.54, 1.807) is 0 Å². The lowest BCUT2D eigenvalue weighted by Crippen LogP contribution is -2.31. The summed E-state index contributed by atoms with van der Waals surface area (Å²) < 4.78 is 22.8. The molecular weight excluding hydrogens is 277 g/mol. The minimum absolute atomic E-state index is 0.173. The van der Waals surface area contributed by atoms with Crippen molar-refractivity contribution in [2.24, 2.45) is 0 Å². The summed E-state index contributed by atoms with van der Waals surface area (Å²) in [6.07, 6.45) is 0. The number of carbonyl (C=O) groups is 2. The molecule has 0 aromatic heterocycles. The molecule has 0 aliphatic carbocycles. The number of hydrogen-bond acceptors (Lipinski definition) is 4. The second-order valence-corrected chi connectivity index (χ2v) is 3.98. The second-order valence-electron chi connectivity index (χ2n) is 3.54. The first kappa shape index (κ1) is 15.4. The Morgan fingerprint density at radius 1 is 1.42 bits per heavy atom. The fourth-order valence-electron chi connectivity index (χ4n) is 1.21. The van der Waals surface area contributed by atoms with Crippen molar-refractivity contribution < 1.29 is 23.5 Å². The molecule has 5 nitrogen and oxygen atoms in total. The van der Waals surface area contributed by atoms with Gasteiger partial charge in [-0.25, -0.2) is 9.18 Å². The summed E-state index contributed by atoms with van der Waals surface area (Å²) in [6, 6.07) is 3.56. The van der Waals surface area contributed by atoms with E-state index in [1.165, 1.54) is 19.2 Å². The van der Waals surface area contributed by atoms with Crippen LogP contribution in [0, 0.1) is 5.82 Å². The Balaban J connectivity index is 2.45. The molecule has 0 fully saturated rings. The number of esters is 1. The van der Waals surface area contributed by atoms with Crippen LogP contribution in [-0.4, -0.2) is 38.7 Å². The van der Waals surface area contributed by atoms with Crippen LogP contribution in [0.1, 0.15) is 10.4 Å². The highest BCUT2D eigenvalue weighted by molar-refractivity contribution is 6.30. The molecule has 19 heavy (non-hydrogen) atoms. The van der Waals surface area contributed by atoms with Gasteiger partial charge in [-0.2, -0.15) is 0 Å². The zero-order valence-corrected chi connectivity index (χ0v) is 11.0. The van der Waals surface area contributed by atoms with Gasteiger partial charge in [-0.05, 0) is 18.2 Å². The number of halogens is 2. The highest BCUT2D eigenvalue weighted by Crippen LogP contribution is 2.15. The molecule has 1 rings (SSSR count). The van der Waals surface area contributed by atoms with Crippen molar-refractivity contribution in [2.45, 2.75) is 0 Å². The lowest BCUT2D eigenvalue weighted by atomic mass is 10.2. The van der Waals surface area contributed by atoms with Gasteiger partial charge < -0.3 is 14.8 Å². The van der Waals surface area contributed by atoms with Gasteiger partial charge in [0, 0.05) is 18.7 Å². The van der Waals surface area contributed by atoms with Crippen LogP contribution in [0.4, 0.5) is 4.39 Å². The summed E-state index contributed by atoms with van der Waals surface area (Å²) >= 11 is 5.55. The maximum atomic E-state index is 13.4. The van der Waals surface area contributed by atoms with Crippen molar-refractivity contribution >= 4 is 23.5 Å². The van der Waals surface area contributed by atoms with Crippen LogP contribution in [0.15, 0.2) is 18.2 Å². The minimum Gasteiger partial charge on any atom is -0.452 e. The quantitative estimate of drug-likeness (QED) is 0.635. The Morgan fingerprint density at radius 3 is 2.79 bits per heavy atom. The number of ether oxygens (including phenoxy) is 2. The van der Waals surface area contributed by atoms with Crippen molar-refractivity contribution in [3.8, 4) is 0 Å². The molecule has 1 aromatic rings. The summed E-state index contributed by atoms with van der Waals surface area (Å²) in [6.45, 7) is 0.179. The molecule has 0 saturated heterocycles. The average molecular weight is 290 g/mol. The van der Waals surface area contributed by atoms with E-state index in [0.717, 1.165) is 6.07 Å². The molecule has 104 valence electrons. The molecule has 7 heteroatoms. The third kappa shape index (κ3) is 5.23. The predicted molar refractivity (Wildman–Crippen MR) is 66.6 cm³/mol. The van der Waals surface area contributed by atoms with Gasteiger partial charge in [0.15, 0.2) is 6.61 Å². The van der Waals surface area contributed by atoms with Crippen molar-refractivity contribution in [3.63, 3.8) is 0 Å². The molecule has 0 aliphatic heterocycles. The third-order valence-corrected chi connectivity index (χ3v) is 2.35. The number of benzene rings is 1. The molecule has 1 amide bonds. The smallest absolute Gasteiger partial charge is 0.341 e. The van der Waals surface area contributed by atoms with E-state index in [2.05, 4.69) is 10.1 Å². The number of hydrogen-bond donors (Lipinski definition) is 1. The van der Waals surface area contributed by atoms with Crippen LogP contribution in [0.5, 0.6) is 0 Å². The largest absolute Gasteiger partial charge is 0.452 e. The van der Waals surface area contributed by atoms with E-state index in [9.17, 15) is 14.0 Å². The van der Waals surface area contributed by atoms with E-state index in [-0.39, 0.29) is 10.6 Å². The van der Waals surface area contributed by atoms with Gasteiger partial charge in [0.1, 0.15) is 5.82 Å². The zero-order valence-electron chi connectivity index (χ0n) is 10.2. The lowest BCUT2D eigenvalue weighted by Gasteiger charge is -2.06. The standard InChI is InChI=1S/C12H13ClFNO4/c1-18-5-4-15-11(16)7-19-12(17)9-3-2-8(13)6-10(9)14/h2-3,6H,4-5,7H2,1H3,(H,15,16). The van der Waals surface area contributed by atoms with E-state index in [1.807, 2.05) is 0 Å². The number of carbonyl (C=O) groups excluding carboxylic acids is 2. The first-order chi connectivity index (χ1) is 9.04. The Hall–Kier alpha value is -1.66. The van der Waals surface area contributed by atoms with Crippen molar-refractivity contribution in [1.29, 1.82) is 0 Å². The molecule has 0 atom stereocenters. The molecule has 0 heterocycles. The van der Waals surface area contributed by atoms with Crippen molar-refractivity contribution in [1.82, 2.24) is 5.32 Å². The summed E-state index contributed by atoms with van der Waals surface area (Å²) in [5, 5.41) is 2.63. The summed E-state index contributed by atoms with van der Waals surface area (Å²) in [4.78, 5) is 22.7. The van der Waals surface area contributed by atoms with Gasteiger partial charge in [-0.1, -0.05) is 11.6 Å². The van der Waals surface area contributed by atoms with Crippen LogP contribution < -0.4 is 5.32 Å². The maximum absolute atomic E-state index is 13.4. The lowest BCUT2D eigenvalue weighted by molar-refractivity contribution is -0.124. The Bertz CT molecular complexity index is 467. The highest BCUT2D eigenvalue weighted by atomic mass is 35.5. The van der Waals surface area contributed by atoms with Crippen LogP contribution in [0.3, 0.4) is 0 Å². The Labute approximate surface area is 114 Å². The highest BCUT2D eigenvalue weighted by Gasteiger charge is 2.14. The summed E-state index contributed by atoms with van der Waals surface area (Å²) in [5.41, 5.74) is -0.269. The molecule has 0 aliphatic rings. The fraction of sp³-hybridized carbons (Fsp3) is 0.333. The van der Waals surface area contributed by atoms with Crippen LogP contribution in [0.25, 0.3) is 0 Å². The first-order valence-electron chi connectivity index (χ1n) is 5.42. The van der Waals surface area contributed by atoms with E-state index in [0.29, 0.717) is 13.2 Å². The zero-order chi connectivity index (χ0) is 14.3. The maximum Gasteiger partial charge on any atom is 0.341 e. The van der Waals surface area contributed by atoms with Gasteiger partial charge in [0.2, 0.25) is 0 Å².